The van der Waals surface area contributed by atoms with E-state index in [-0.39, 0.29) is 24.0 Å². The van der Waals surface area contributed by atoms with Crippen LogP contribution in [0, 0.1) is 5.41 Å². The van der Waals surface area contributed by atoms with Crippen LogP contribution in [0.15, 0.2) is 36.4 Å². The number of esters is 1. The summed E-state index contributed by atoms with van der Waals surface area (Å²) in [5.41, 5.74) is 1.80. The molecule has 2 saturated heterocycles. The van der Waals surface area contributed by atoms with E-state index in [0.717, 1.165) is 30.5 Å². The van der Waals surface area contributed by atoms with Crippen molar-refractivity contribution in [1.29, 1.82) is 0 Å². The molecule has 2 bridgehead atoms. The number of carbonyl (C=O) groups excluding carboxylic acids is 2. The van der Waals surface area contributed by atoms with Gasteiger partial charge in [0.1, 0.15) is 5.69 Å². The average molecular weight is 381 g/mol. The van der Waals surface area contributed by atoms with Crippen molar-refractivity contribution < 1.29 is 14.3 Å². The van der Waals surface area contributed by atoms with Crippen LogP contribution >= 0.6 is 0 Å². The van der Waals surface area contributed by atoms with Gasteiger partial charge < -0.3 is 9.64 Å². The van der Waals surface area contributed by atoms with Gasteiger partial charge in [-0.1, -0.05) is 37.3 Å². The summed E-state index contributed by atoms with van der Waals surface area (Å²) >= 11 is 0. The molecule has 6 nitrogen and oxygen atoms in total. The lowest BCUT2D eigenvalue weighted by Gasteiger charge is -2.35. The van der Waals surface area contributed by atoms with E-state index in [1.54, 1.807) is 0 Å². The maximum atomic E-state index is 13.2. The maximum absolute atomic E-state index is 13.2. The van der Waals surface area contributed by atoms with Crippen molar-refractivity contribution in [2.45, 2.75) is 58.0 Å². The zero-order valence-corrected chi connectivity index (χ0v) is 16.5. The molecular weight excluding hydrogens is 354 g/mol. The molecule has 1 amide bonds. The van der Waals surface area contributed by atoms with Crippen LogP contribution in [0.25, 0.3) is 0 Å². The van der Waals surface area contributed by atoms with E-state index in [1.807, 2.05) is 55.1 Å². The highest BCUT2D eigenvalue weighted by Gasteiger charge is 2.62. The molecule has 4 rings (SSSR count). The highest BCUT2D eigenvalue weighted by atomic mass is 16.5. The molecule has 2 aliphatic rings. The molecule has 2 aromatic rings. The van der Waals surface area contributed by atoms with Crippen molar-refractivity contribution in [3.05, 3.63) is 53.3 Å². The zero-order chi connectivity index (χ0) is 19.7. The van der Waals surface area contributed by atoms with Gasteiger partial charge in [-0.3, -0.25) is 14.7 Å². The molecule has 0 spiro atoms. The molecule has 3 heterocycles. The number of carbonyl (C=O) groups is 2. The minimum Gasteiger partial charge on any atom is -0.465 e. The van der Waals surface area contributed by atoms with E-state index in [1.165, 1.54) is 0 Å². The van der Waals surface area contributed by atoms with Crippen LogP contribution in [0.5, 0.6) is 0 Å². The Morgan fingerprint density at radius 1 is 1.25 bits per heavy atom. The fourth-order valence-corrected chi connectivity index (χ4v) is 4.99. The number of nitrogens with zero attached hydrogens (tertiary/aromatic N) is 2. The predicted molar refractivity (Wildman–Crippen MR) is 105 cm³/mol. The van der Waals surface area contributed by atoms with E-state index in [2.05, 4.69) is 10.2 Å². The van der Waals surface area contributed by atoms with Crippen molar-refractivity contribution in [3.63, 3.8) is 0 Å². The standard InChI is InChI=1S/C22H27N3O3/c1-3-16-12-18(24-23-16)20(26)25-17-10-11-19(25)22(14-17,21(27)28-4-2)13-15-8-6-5-7-9-15/h5-9,12,17,19H,3-4,10-11,13-14H2,1-2H3,(H,23,24)/t17-,19+,22+/m1/s1. The first-order valence-corrected chi connectivity index (χ1v) is 10.2. The minimum atomic E-state index is -0.681. The lowest BCUT2D eigenvalue weighted by molar-refractivity contribution is -0.157. The summed E-state index contributed by atoms with van der Waals surface area (Å²) < 4.78 is 5.51. The Bertz CT molecular complexity index is 863. The summed E-state index contributed by atoms with van der Waals surface area (Å²) in [5, 5.41) is 7.13. The Morgan fingerprint density at radius 3 is 2.71 bits per heavy atom. The number of aryl methyl sites for hydroxylation is 1. The van der Waals surface area contributed by atoms with Crippen LogP contribution in [0.2, 0.25) is 0 Å². The third-order valence-electron chi connectivity index (χ3n) is 6.25. The molecule has 28 heavy (non-hydrogen) atoms. The molecule has 2 aliphatic heterocycles. The molecule has 0 aliphatic carbocycles. The summed E-state index contributed by atoms with van der Waals surface area (Å²) in [7, 11) is 0. The molecular formula is C22H27N3O3. The number of H-pyrrole nitrogens is 1. The molecule has 0 unspecified atom stereocenters. The number of benzene rings is 1. The van der Waals surface area contributed by atoms with Crippen molar-refractivity contribution in [2.24, 2.45) is 5.41 Å². The van der Waals surface area contributed by atoms with Crippen LogP contribution < -0.4 is 0 Å². The second kappa shape index (κ2) is 7.41. The summed E-state index contributed by atoms with van der Waals surface area (Å²) in [6.45, 7) is 4.20. The molecule has 148 valence electrons. The minimum absolute atomic E-state index is 0.0624. The van der Waals surface area contributed by atoms with Gasteiger partial charge in [-0.2, -0.15) is 5.10 Å². The number of rotatable bonds is 6. The van der Waals surface area contributed by atoms with Crippen LogP contribution in [0.3, 0.4) is 0 Å². The van der Waals surface area contributed by atoms with Gasteiger partial charge in [0.05, 0.1) is 12.0 Å². The Balaban J connectivity index is 1.67. The fourth-order valence-electron chi connectivity index (χ4n) is 4.99. The van der Waals surface area contributed by atoms with E-state index >= 15 is 0 Å². The Morgan fingerprint density at radius 2 is 2.04 bits per heavy atom. The van der Waals surface area contributed by atoms with Crippen LogP contribution in [0.4, 0.5) is 0 Å². The van der Waals surface area contributed by atoms with Crippen LogP contribution in [0.1, 0.15) is 54.9 Å². The monoisotopic (exact) mass is 381 g/mol. The number of hydrogen-bond donors (Lipinski definition) is 1. The fraction of sp³-hybridized carbons (Fsp3) is 0.500. The second-order valence-corrected chi connectivity index (χ2v) is 7.83. The average Bonchev–Trinajstić information content (AvgIpc) is 3.42. The third-order valence-corrected chi connectivity index (χ3v) is 6.25. The lowest BCUT2D eigenvalue weighted by Crippen LogP contribution is -2.47. The largest absolute Gasteiger partial charge is 0.465 e. The van der Waals surface area contributed by atoms with E-state index < -0.39 is 5.41 Å². The second-order valence-electron chi connectivity index (χ2n) is 7.83. The number of aromatic amines is 1. The van der Waals surface area contributed by atoms with Gasteiger partial charge in [-0.25, -0.2) is 0 Å². The zero-order valence-electron chi connectivity index (χ0n) is 16.5. The van der Waals surface area contributed by atoms with Crippen molar-refractivity contribution >= 4 is 11.9 Å². The number of ether oxygens (including phenoxy) is 1. The number of amides is 1. The number of hydrogen-bond acceptors (Lipinski definition) is 4. The smallest absolute Gasteiger partial charge is 0.314 e. The van der Waals surface area contributed by atoms with Gasteiger partial charge in [0.25, 0.3) is 5.91 Å². The lowest BCUT2D eigenvalue weighted by atomic mass is 9.70. The van der Waals surface area contributed by atoms with Crippen molar-refractivity contribution in [1.82, 2.24) is 15.1 Å². The maximum Gasteiger partial charge on any atom is 0.314 e. The molecule has 1 aromatic carbocycles. The Labute approximate surface area is 165 Å². The molecule has 1 aromatic heterocycles. The first kappa shape index (κ1) is 18.7. The van der Waals surface area contributed by atoms with Crippen molar-refractivity contribution in [3.8, 4) is 0 Å². The Kier molecular flexibility index (Phi) is 4.96. The molecule has 3 atom stereocenters. The Hall–Kier alpha value is -2.63. The van der Waals surface area contributed by atoms with Crippen LogP contribution in [-0.2, 0) is 22.4 Å². The van der Waals surface area contributed by atoms with Gasteiger partial charge in [0, 0.05) is 17.8 Å². The molecule has 6 heteroatoms. The SMILES string of the molecule is CCOC(=O)[C@@]1(Cc2ccccc2)C[C@H]2CC[C@@H]1N2C(=O)c1cc(CC)[nH]n1. The third kappa shape index (κ3) is 3.01. The van der Waals surface area contributed by atoms with Crippen LogP contribution in [-0.4, -0.2) is 45.7 Å². The number of fused-ring (bicyclic) bond motifs is 2. The number of nitrogens with one attached hydrogen (secondary N) is 1. The molecule has 1 N–H and O–H groups in total. The topological polar surface area (TPSA) is 75.3 Å². The summed E-state index contributed by atoms with van der Waals surface area (Å²) in [6.07, 6.45) is 3.80. The highest BCUT2D eigenvalue weighted by Crippen LogP contribution is 2.52. The van der Waals surface area contributed by atoms with E-state index in [4.69, 9.17) is 4.74 Å². The normalized spacial score (nSPS) is 25.9. The van der Waals surface area contributed by atoms with Crippen molar-refractivity contribution in [2.75, 3.05) is 6.61 Å². The van der Waals surface area contributed by atoms with Gasteiger partial charge in [-0.15, -0.1) is 0 Å². The van der Waals surface area contributed by atoms with Gasteiger partial charge in [-0.05, 0) is 50.7 Å². The summed E-state index contributed by atoms with van der Waals surface area (Å²) in [6, 6.07) is 11.8. The van der Waals surface area contributed by atoms with Gasteiger partial charge >= 0.3 is 5.97 Å². The number of aromatic nitrogens is 2. The quantitative estimate of drug-likeness (QED) is 0.780. The van der Waals surface area contributed by atoms with E-state index in [0.29, 0.717) is 25.1 Å². The first-order valence-electron chi connectivity index (χ1n) is 10.2. The molecule has 2 fully saturated rings. The first-order chi connectivity index (χ1) is 13.6. The van der Waals surface area contributed by atoms with Gasteiger partial charge in [0.15, 0.2) is 0 Å². The van der Waals surface area contributed by atoms with Gasteiger partial charge in [0.2, 0.25) is 0 Å². The van der Waals surface area contributed by atoms with E-state index in [9.17, 15) is 9.59 Å². The summed E-state index contributed by atoms with van der Waals surface area (Å²) in [5.74, 6) is -0.261. The summed E-state index contributed by atoms with van der Waals surface area (Å²) in [4.78, 5) is 28.3. The molecule has 0 radical (unpaired) electrons. The highest BCUT2D eigenvalue weighted by molar-refractivity contribution is 5.94. The molecule has 0 saturated carbocycles. The predicted octanol–water partition coefficient (Wildman–Crippen LogP) is 3.14.